The minimum absolute atomic E-state index is 0.101. The van der Waals surface area contributed by atoms with E-state index in [0.29, 0.717) is 11.5 Å². The summed E-state index contributed by atoms with van der Waals surface area (Å²) < 4.78 is 0. The summed E-state index contributed by atoms with van der Waals surface area (Å²) in [6.45, 7) is 5.90. The second-order valence-corrected chi connectivity index (χ2v) is 9.58. The van der Waals surface area contributed by atoms with Crippen molar-refractivity contribution in [2.45, 2.75) is 57.4 Å². The lowest BCUT2D eigenvalue weighted by molar-refractivity contribution is 0.0790. The molecular formula is C22H28N4OS. The fraction of sp³-hybridized carbons (Fsp3) is 0.591. The molecule has 0 bridgehead atoms. The van der Waals surface area contributed by atoms with Gasteiger partial charge in [-0.05, 0) is 44.7 Å². The molecule has 0 aromatic carbocycles. The van der Waals surface area contributed by atoms with E-state index in [1.54, 1.807) is 6.20 Å². The van der Waals surface area contributed by atoms with Gasteiger partial charge in [-0.15, -0.1) is 11.3 Å². The van der Waals surface area contributed by atoms with Crippen LogP contribution in [0.3, 0.4) is 0 Å². The van der Waals surface area contributed by atoms with Gasteiger partial charge in [0.2, 0.25) is 0 Å². The van der Waals surface area contributed by atoms with Crippen LogP contribution in [0.4, 0.5) is 0 Å². The quantitative estimate of drug-likeness (QED) is 0.798. The second-order valence-electron chi connectivity index (χ2n) is 8.47. The first-order valence-electron chi connectivity index (χ1n) is 10.6. The highest BCUT2D eigenvalue weighted by atomic mass is 32.1. The molecule has 2 aromatic heterocycles. The van der Waals surface area contributed by atoms with Gasteiger partial charge in [0.1, 0.15) is 0 Å². The van der Waals surface area contributed by atoms with Gasteiger partial charge in [-0.1, -0.05) is 6.42 Å². The average Bonchev–Trinajstić information content (AvgIpc) is 3.26. The summed E-state index contributed by atoms with van der Waals surface area (Å²) in [5, 5.41) is 1.25. The molecule has 2 aliphatic heterocycles. The molecule has 1 unspecified atom stereocenters. The molecule has 1 saturated carbocycles. The Morgan fingerprint density at radius 2 is 2.00 bits per heavy atom. The van der Waals surface area contributed by atoms with Crippen LogP contribution in [0.25, 0.3) is 0 Å². The molecule has 5 rings (SSSR count). The SMILES string of the molecule is Cc1ccc(C(=O)N2CCC(c3nc4c(s3)CCN(C3CCC3)CC4)C2)cn1. The van der Waals surface area contributed by atoms with Gasteiger partial charge in [0.05, 0.1) is 16.3 Å². The Labute approximate surface area is 170 Å². The van der Waals surface area contributed by atoms with Crippen molar-refractivity contribution in [3.05, 3.63) is 45.2 Å². The van der Waals surface area contributed by atoms with Crippen molar-refractivity contribution >= 4 is 17.2 Å². The smallest absolute Gasteiger partial charge is 0.255 e. The van der Waals surface area contributed by atoms with Gasteiger partial charge in [-0.3, -0.25) is 14.7 Å². The van der Waals surface area contributed by atoms with E-state index in [4.69, 9.17) is 4.98 Å². The van der Waals surface area contributed by atoms with Gasteiger partial charge >= 0.3 is 0 Å². The molecule has 1 aliphatic carbocycles. The van der Waals surface area contributed by atoms with E-state index < -0.39 is 0 Å². The Kier molecular flexibility index (Phi) is 4.93. The second kappa shape index (κ2) is 7.56. The molecule has 0 spiro atoms. The zero-order chi connectivity index (χ0) is 19.1. The summed E-state index contributed by atoms with van der Waals surface area (Å²) in [4.78, 5) is 28.2. The lowest BCUT2D eigenvalue weighted by atomic mass is 9.91. The van der Waals surface area contributed by atoms with Gasteiger partial charge < -0.3 is 4.90 Å². The standard InChI is InChI=1S/C22H28N4OS/c1-15-5-6-16(13-23-15)22(27)26-10-7-17(14-26)21-24-19-8-11-25(18-3-2-4-18)12-9-20(19)28-21/h5-6,13,17-18H,2-4,7-12,14H2,1H3. The van der Waals surface area contributed by atoms with Gasteiger partial charge in [0.15, 0.2) is 0 Å². The normalized spacial score (nSPS) is 23.3. The average molecular weight is 397 g/mol. The number of pyridine rings is 1. The minimum Gasteiger partial charge on any atom is -0.338 e. The van der Waals surface area contributed by atoms with E-state index in [-0.39, 0.29) is 5.91 Å². The topological polar surface area (TPSA) is 49.3 Å². The van der Waals surface area contributed by atoms with E-state index in [1.165, 1.54) is 41.4 Å². The van der Waals surface area contributed by atoms with Crippen LogP contribution in [0.5, 0.6) is 0 Å². The maximum Gasteiger partial charge on any atom is 0.255 e. The molecule has 3 aliphatic rings. The maximum atomic E-state index is 12.8. The van der Waals surface area contributed by atoms with Crippen LogP contribution in [0.2, 0.25) is 0 Å². The van der Waals surface area contributed by atoms with Gasteiger partial charge in [-0.2, -0.15) is 0 Å². The van der Waals surface area contributed by atoms with Crippen molar-refractivity contribution in [3.63, 3.8) is 0 Å². The van der Waals surface area contributed by atoms with Crippen molar-refractivity contribution in [1.29, 1.82) is 0 Å². The first-order valence-corrected chi connectivity index (χ1v) is 11.4. The molecule has 1 amide bonds. The van der Waals surface area contributed by atoms with Crippen LogP contribution in [0, 0.1) is 6.92 Å². The number of aromatic nitrogens is 2. The summed E-state index contributed by atoms with van der Waals surface area (Å²) in [6, 6.07) is 4.63. The lowest BCUT2D eigenvalue weighted by Gasteiger charge is -2.36. The summed E-state index contributed by atoms with van der Waals surface area (Å²) in [5.41, 5.74) is 2.96. The Bertz CT molecular complexity index is 832. The van der Waals surface area contributed by atoms with E-state index >= 15 is 0 Å². The summed E-state index contributed by atoms with van der Waals surface area (Å²) >= 11 is 1.91. The van der Waals surface area contributed by atoms with Crippen molar-refractivity contribution < 1.29 is 4.79 Å². The van der Waals surface area contributed by atoms with Gasteiger partial charge in [-0.25, -0.2) is 4.98 Å². The number of carbonyl (C=O) groups is 1. The van der Waals surface area contributed by atoms with E-state index in [9.17, 15) is 4.79 Å². The molecule has 28 heavy (non-hydrogen) atoms. The molecule has 5 nitrogen and oxygen atoms in total. The largest absolute Gasteiger partial charge is 0.338 e. The molecule has 0 radical (unpaired) electrons. The molecule has 2 fully saturated rings. The molecule has 2 aromatic rings. The van der Waals surface area contributed by atoms with Crippen LogP contribution in [0.15, 0.2) is 18.3 Å². The third-order valence-electron chi connectivity index (χ3n) is 6.63. The first kappa shape index (κ1) is 18.3. The molecule has 6 heteroatoms. The number of fused-ring (bicyclic) bond motifs is 1. The van der Waals surface area contributed by atoms with Crippen LogP contribution in [0.1, 0.15) is 63.2 Å². The van der Waals surface area contributed by atoms with Gasteiger partial charge in [0.25, 0.3) is 5.91 Å². The number of hydrogen-bond acceptors (Lipinski definition) is 5. The van der Waals surface area contributed by atoms with Crippen molar-refractivity contribution in [2.24, 2.45) is 0 Å². The number of aryl methyl sites for hydroxylation is 1. The third kappa shape index (κ3) is 3.48. The van der Waals surface area contributed by atoms with Crippen molar-refractivity contribution in [3.8, 4) is 0 Å². The summed E-state index contributed by atoms with van der Waals surface area (Å²) in [7, 11) is 0. The third-order valence-corrected chi connectivity index (χ3v) is 7.95. The van der Waals surface area contributed by atoms with Crippen LogP contribution in [-0.2, 0) is 12.8 Å². The Balaban J connectivity index is 1.23. The highest BCUT2D eigenvalue weighted by Crippen LogP contribution is 2.35. The minimum atomic E-state index is 0.101. The Morgan fingerprint density at radius 3 is 2.75 bits per heavy atom. The number of carbonyl (C=O) groups excluding carboxylic acids is 1. The first-order chi connectivity index (χ1) is 13.7. The van der Waals surface area contributed by atoms with Gasteiger partial charge in [0, 0.05) is 61.3 Å². The zero-order valence-corrected chi connectivity index (χ0v) is 17.4. The lowest BCUT2D eigenvalue weighted by Crippen LogP contribution is -2.41. The summed E-state index contributed by atoms with van der Waals surface area (Å²) in [6.07, 6.45) is 9.13. The summed E-state index contributed by atoms with van der Waals surface area (Å²) in [5.74, 6) is 0.492. The number of thiazole rings is 1. The molecule has 0 N–H and O–H groups in total. The number of nitrogens with zero attached hydrogens (tertiary/aromatic N) is 4. The van der Waals surface area contributed by atoms with Crippen LogP contribution >= 0.6 is 11.3 Å². The molecule has 1 atom stereocenters. The molecular weight excluding hydrogens is 368 g/mol. The Hall–Kier alpha value is -1.79. The highest BCUT2D eigenvalue weighted by molar-refractivity contribution is 7.11. The predicted octanol–water partition coefficient (Wildman–Crippen LogP) is 3.43. The number of likely N-dealkylation sites (tertiary alicyclic amines) is 1. The van der Waals surface area contributed by atoms with Crippen molar-refractivity contribution in [1.82, 2.24) is 19.8 Å². The maximum absolute atomic E-state index is 12.8. The molecule has 148 valence electrons. The number of rotatable bonds is 3. The zero-order valence-electron chi connectivity index (χ0n) is 16.6. The van der Waals surface area contributed by atoms with E-state index in [1.807, 2.05) is 35.3 Å². The van der Waals surface area contributed by atoms with E-state index in [2.05, 4.69) is 9.88 Å². The monoisotopic (exact) mass is 396 g/mol. The fourth-order valence-corrected chi connectivity index (χ4v) is 5.84. The molecule has 4 heterocycles. The molecule has 1 saturated heterocycles. The van der Waals surface area contributed by atoms with Crippen LogP contribution < -0.4 is 0 Å². The highest BCUT2D eigenvalue weighted by Gasteiger charge is 2.32. The fourth-order valence-electron chi connectivity index (χ4n) is 4.62. The van der Waals surface area contributed by atoms with E-state index in [0.717, 1.165) is 50.6 Å². The number of amides is 1. The van der Waals surface area contributed by atoms with Crippen molar-refractivity contribution in [2.75, 3.05) is 26.2 Å². The van der Waals surface area contributed by atoms with Crippen LogP contribution in [-0.4, -0.2) is 57.9 Å². The number of hydrogen-bond donors (Lipinski definition) is 0. The predicted molar refractivity (Wildman–Crippen MR) is 111 cm³/mol. The Morgan fingerprint density at radius 1 is 1.14 bits per heavy atom.